The van der Waals surface area contributed by atoms with Crippen LogP contribution >= 0.6 is 23.2 Å². The molecule has 0 bridgehead atoms. The van der Waals surface area contributed by atoms with Crippen molar-refractivity contribution in [3.05, 3.63) is 46.5 Å². The lowest BCUT2D eigenvalue weighted by atomic mass is 10.1. The van der Waals surface area contributed by atoms with E-state index in [4.69, 9.17) is 36.9 Å². The van der Waals surface area contributed by atoms with Gasteiger partial charge in [-0.2, -0.15) is 8.42 Å². The number of piperidine rings is 1. The number of anilines is 2. The van der Waals surface area contributed by atoms with Gasteiger partial charge in [0.1, 0.15) is 18.2 Å². The van der Waals surface area contributed by atoms with Gasteiger partial charge in [0.05, 0.1) is 34.6 Å². The summed E-state index contributed by atoms with van der Waals surface area (Å²) in [4.78, 5) is 22.6. The van der Waals surface area contributed by atoms with Crippen molar-refractivity contribution in [1.82, 2.24) is 14.9 Å². The van der Waals surface area contributed by atoms with Crippen LogP contribution < -0.4 is 14.8 Å². The fourth-order valence-electron chi connectivity index (χ4n) is 4.10. The number of benzene rings is 2. The summed E-state index contributed by atoms with van der Waals surface area (Å²) >= 11 is 11.8. The van der Waals surface area contributed by atoms with Gasteiger partial charge in [0.15, 0.2) is 23.4 Å². The average Bonchev–Trinajstić information content (AvgIpc) is 2.88. The molecule has 2 aromatic carbocycles. The summed E-state index contributed by atoms with van der Waals surface area (Å²) in [5.41, 5.74) is 0.622. The number of ether oxygens (including phenoxy) is 2. The van der Waals surface area contributed by atoms with Crippen LogP contribution in [0.3, 0.4) is 0 Å². The number of hydrogen-bond donors (Lipinski definition) is 1. The molecule has 10 nitrogen and oxygen atoms in total. The van der Waals surface area contributed by atoms with Crippen molar-refractivity contribution in [2.24, 2.45) is 0 Å². The lowest BCUT2D eigenvalue weighted by Crippen LogP contribution is -2.46. The third-order valence-corrected chi connectivity index (χ3v) is 7.34. The Morgan fingerprint density at radius 2 is 1.89 bits per heavy atom. The smallest absolute Gasteiger partial charge is 0.265 e. The predicted octanol–water partition coefficient (Wildman–Crippen LogP) is 4.56. The Morgan fingerprint density at radius 1 is 1.18 bits per heavy atom. The minimum atomic E-state index is -3.75. The lowest BCUT2D eigenvalue weighted by molar-refractivity contribution is -0.139. The second-order valence-corrected chi connectivity index (χ2v) is 11.1. The number of methoxy groups -OCH3 is 1. The summed E-state index contributed by atoms with van der Waals surface area (Å²) in [6.45, 7) is 2.14. The van der Waals surface area contributed by atoms with Crippen molar-refractivity contribution in [3.8, 4) is 11.5 Å². The van der Waals surface area contributed by atoms with Crippen molar-refractivity contribution in [2.75, 3.05) is 31.8 Å². The van der Waals surface area contributed by atoms with Gasteiger partial charge in [-0.05, 0) is 25.1 Å². The summed E-state index contributed by atoms with van der Waals surface area (Å²) in [5.74, 6) is 0.0654. The lowest BCUT2D eigenvalue weighted by Gasteiger charge is -2.33. The number of aromatic nitrogens is 2. The molecule has 1 amide bonds. The van der Waals surface area contributed by atoms with Crippen LogP contribution in [0.4, 0.5) is 15.9 Å². The Kier molecular flexibility index (Phi) is 8.46. The molecular weight excluding hydrogens is 562 g/mol. The number of fused-ring (bicyclic) bond motifs is 1. The molecule has 1 aliphatic rings. The van der Waals surface area contributed by atoms with Crippen LogP contribution in [0.2, 0.25) is 10.0 Å². The molecule has 1 fully saturated rings. The van der Waals surface area contributed by atoms with Gasteiger partial charge in [0.2, 0.25) is 0 Å². The zero-order valence-corrected chi connectivity index (χ0v) is 23.0. The topological polar surface area (TPSA) is 120 Å². The fourth-order valence-corrected chi connectivity index (χ4v) is 5.02. The molecule has 0 saturated carbocycles. The Labute approximate surface area is 229 Å². The molecule has 0 radical (unpaired) electrons. The third kappa shape index (κ3) is 6.37. The zero-order valence-electron chi connectivity index (χ0n) is 20.7. The van der Waals surface area contributed by atoms with Crippen LogP contribution in [0.1, 0.15) is 19.8 Å². The number of likely N-dealkylation sites (tertiary alicyclic amines) is 1. The van der Waals surface area contributed by atoms with Gasteiger partial charge in [-0.25, -0.2) is 14.4 Å². The maximum Gasteiger partial charge on any atom is 0.265 e. The monoisotopic (exact) mass is 586 g/mol. The Morgan fingerprint density at radius 3 is 2.55 bits per heavy atom. The standard InChI is InChI=1S/C24H25Cl2FN4O6S/c1-13(37-38(3,33)34)24(32)31-8-6-14(7-9-31)36-20-10-15-18(11-19(20)35-2)28-12-29-23(15)30-17-5-4-16(25)21(26)22(17)27/h4-5,10-14H,6-9H2,1-3H3,(H,28,29,30)/t13-/m1/s1. The summed E-state index contributed by atoms with van der Waals surface area (Å²) in [7, 11) is -2.25. The van der Waals surface area contributed by atoms with Gasteiger partial charge in [0.25, 0.3) is 16.0 Å². The van der Waals surface area contributed by atoms with E-state index in [0.717, 1.165) is 6.26 Å². The van der Waals surface area contributed by atoms with E-state index in [1.807, 2.05) is 0 Å². The van der Waals surface area contributed by atoms with Crippen LogP contribution in [-0.2, 0) is 19.1 Å². The van der Waals surface area contributed by atoms with E-state index in [0.29, 0.717) is 54.2 Å². The predicted molar refractivity (Wildman–Crippen MR) is 141 cm³/mol. The highest BCUT2D eigenvalue weighted by Gasteiger charge is 2.29. The number of rotatable bonds is 8. The van der Waals surface area contributed by atoms with Crippen molar-refractivity contribution in [2.45, 2.75) is 32.0 Å². The van der Waals surface area contributed by atoms with Gasteiger partial charge in [-0.15, -0.1) is 0 Å². The highest BCUT2D eigenvalue weighted by Crippen LogP contribution is 2.37. The molecule has 1 aliphatic heterocycles. The molecular formula is C24H25Cl2FN4O6S. The molecule has 1 atom stereocenters. The van der Waals surface area contributed by atoms with Crippen LogP contribution in [0, 0.1) is 5.82 Å². The first-order valence-electron chi connectivity index (χ1n) is 11.5. The van der Waals surface area contributed by atoms with Crippen molar-refractivity contribution in [3.63, 3.8) is 0 Å². The molecule has 0 spiro atoms. The van der Waals surface area contributed by atoms with Crippen LogP contribution in [-0.4, -0.2) is 67.9 Å². The van der Waals surface area contributed by atoms with E-state index in [9.17, 15) is 17.6 Å². The van der Waals surface area contributed by atoms with Gasteiger partial charge >= 0.3 is 0 Å². The van der Waals surface area contributed by atoms with E-state index in [1.165, 1.54) is 32.5 Å². The van der Waals surface area contributed by atoms with Gasteiger partial charge in [0, 0.05) is 37.4 Å². The molecule has 0 aliphatic carbocycles. The molecule has 0 unspecified atom stereocenters. The number of nitrogens with one attached hydrogen (secondary N) is 1. The van der Waals surface area contributed by atoms with E-state index >= 15 is 0 Å². The molecule has 3 aromatic rings. The van der Waals surface area contributed by atoms with E-state index in [-0.39, 0.29) is 21.8 Å². The maximum atomic E-state index is 14.6. The van der Waals surface area contributed by atoms with Crippen LogP contribution in [0.5, 0.6) is 11.5 Å². The number of halogens is 3. The summed E-state index contributed by atoms with van der Waals surface area (Å²) in [6.07, 6.45) is 1.90. The molecule has 1 saturated heterocycles. The quantitative estimate of drug-likeness (QED) is 0.299. The molecule has 4 rings (SSSR count). The van der Waals surface area contributed by atoms with Crippen molar-refractivity contribution >= 4 is 61.6 Å². The highest BCUT2D eigenvalue weighted by molar-refractivity contribution is 7.86. The van der Waals surface area contributed by atoms with Crippen molar-refractivity contribution < 1.29 is 31.3 Å². The minimum Gasteiger partial charge on any atom is -0.493 e. The normalized spacial score (nSPS) is 15.4. The Hall–Kier alpha value is -2.93. The highest BCUT2D eigenvalue weighted by atomic mass is 35.5. The number of amides is 1. The second kappa shape index (κ2) is 11.4. The molecule has 14 heteroatoms. The summed E-state index contributed by atoms with van der Waals surface area (Å²) in [5, 5.41) is 3.37. The van der Waals surface area contributed by atoms with E-state index in [2.05, 4.69) is 15.3 Å². The molecule has 1 N–H and O–H groups in total. The third-order valence-electron chi connectivity index (χ3n) is 5.92. The first-order valence-corrected chi connectivity index (χ1v) is 14.1. The maximum absolute atomic E-state index is 14.6. The van der Waals surface area contributed by atoms with Gasteiger partial charge < -0.3 is 19.7 Å². The van der Waals surface area contributed by atoms with Crippen LogP contribution in [0.15, 0.2) is 30.6 Å². The SMILES string of the molecule is COc1cc2ncnc(Nc3ccc(Cl)c(Cl)c3F)c2cc1OC1CCN(C(=O)[C@@H](C)OS(C)(=O)=O)CC1. The summed E-state index contributed by atoms with van der Waals surface area (Å²) < 4.78 is 53.9. The number of carbonyl (C=O) groups excluding carboxylic acids is 1. The van der Waals surface area contributed by atoms with Crippen molar-refractivity contribution in [1.29, 1.82) is 0 Å². The summed E-state index contributed by atoms with van der Waals surface area (Å²) in [6, 6.07) is 6.31. The second-order valence-electron chi connectivity index (χ2n) is 8.68. The fraction of sp³-hybridized carbons (Fsp3) is 0.375. The number of hydrogen-bond acceptors (Lipinski definition) is 9. The van der Waals surface area contributed by atoms with E-state index < -0.39 is 27.9 Å². The largest absolute Gasteiger partial charge is 0.493 e. The first-order chi connectivity index (χ1) is 18.0. The van der Waals surface area contributed by atoms with Crippen LogP contribution in [0.25, 0.3) is 10.9 Å². The molecule has 2 heterocycles. The Bertz CT molecular complexity index is 1470. The molecule has 1 aromatic heterocycles. The molecule has 204 valence electrons. The molecule has 38 heavy (non-hydrogen) atoms. The minimum absolute atomic E-state index is 0.0869. The Balaban J connectivity index is 1.52. The van der Waals surface area contributed by atoms with E-state index in [1.54, 1.807) is 17.0 Å². The van der Waals surface area contributed by atoms with Gasteiger partial charge in [-0.1, -0.05) is 23.2 Å². The zero-order chi connectivity index (χ0) is 27.6. The first kappa shape index (κ1) is 28.1. The average molecular weight is 587 g/mol. The van der Waals surface area contributed by atoms with Gasteiger partial charge in [-0.3, -0.25) is 8.98 Å². The number of nitrogens with zero attached hydrogens (tertiary/aromatic N) is 3. The number of carbonyl (C=O) groups is 1.